The lowest BCUT2D eigenvalue weighted by Gasteiger charge is -2.16. The first kappa shape index (κ1) is 13.1. The number of hydrogen-bond donors (Lipinski definition) is 1. The van der Waals surface area contributed by atoms with E-state index in [0.717, 1.165) is 10.9 Å². The molecule has 1 N–H and O–H groups in total. The van der Waals surface area contributed by atoms with Crippen LogP contribution in [0.15, 0.2) is 41.8 Å². The largest absolute Gasteiger partial charge is 0.306 e. The molecule has 0 spiro atoms. The molecule has 4 heteroatoms. The predicted molar refractivity (Wildman–Crippen MR) is 86.7 cm³/mol. The highest BCUT2D eigenvalue weighted by atomic mass is 35.5. The van der Waals surface area contributed by atoms with Crippen LogP contribution >= 0.6 is 34.3 Å². The number of halogens is 1. The number of thiophene rings is 2. The van der Waals surface area contributed by atoms with Crippen LogP contribution in [0.2, 0.25) is 4.34 Å². The lowest BCUT2D eigenvalue weighted by atomic mass is 10.0. The summed E-state index contributed by atoms with van der Waals surface area (Å²) in [6.45, 7) is 3.07. The summed E-state index contributed by atoms with van der Waals surface area (Å²) in [5.41, 5.74) is 1.35. The summed E-state index contributed by atoms with van der Waals surface area (Å²) in [6, 6.07) is 12.9. The Morgan fingerprint density at radius 3 is 2.79 bits per heavy atom. The van der Waals surface area contributed by atoms with Crippen molar-refractivity contribution in [2.75, 3.05) is 6.54 Å². The Bertz CT molecular complexity index is 686. The van der Waals surface area contributed by atoms with Crippen molar-refractivity contribution in [2.45, 2.75) is 13.0 Å². The summed E-state index contributed by atoms with van der Waals surface area (Å²) in [7, 11) is 0. The lowest BCUT2D eigenvalue weighted by Crippen LogP contribution is -2.20. The standard InChI is InChI=1S/C15H14ClNS2/c1-2-17-15(13-7-8-14(16)19-13)11-9-18-12-6-4-3-5-10(11)12/h3-9,15,17H,2H2,1H3. The third-order valence-corrected chi connectivity index (χ3v) is 5.39. The van der Waals surface area contributed by atoms with Crippen molar-refractivity contribution in [3.05, 3.63) is 56.6 Å². The zero-order valence-corrected chi connectivity index (χ0v) is 12.9. The normalized spacial score (nSPS) is 12.9. The van der Waals surface area contributed by atoms with Crippen LogP contribution in [-0.2, 0) is 0 Å². The molecule has 0 bridgehead atoms. The van der Waals surface area contributed by atoms with Crippen LogP contribution in [0.5, 0.6) is 0 Å². The Morgan fingerprint density at radius 1 is 1.21 bits per heavy atom. The van der Waals surface area contributed by atoms with E-state index in [9.17, 15) is 0 Å². The molecule has 0 fully saturated rings. The molecule has 1 aromatic carbocycles. The molecule has 2 aromatic heterocycles. The van der Waals surface area contributed by atoms with Crippen LogP contribution in [0.3, 0.4) is 0 Å². The van der Waals surface area contributed by atoms with Gasteiger partial charge >= 0.3 is 0 Å². The Hall–Kier alpha value is -0.870. The zero-order valence-electron chi connectivity index (χ0n) is 10.5. The van der Waals surface area contributed by atoms with Gasteiger partial charge in [-0.1, -0.05) is 36.7 Å². The SMILES string of the molecule is CCNC(c1ccc(Cl)s1)c1csc2ccccc12. The van der Waals surface area contributed by atoms with Gasteiger partial charge in [-0.3, -0.25) is 0 Å². The van der Waals surface area contributed by atoms with Gasteiger partial charge in [-0.15, -0.1) is 22.7 Å². The Labute approximate surface area is 125 Å². The van der Waals surface area contributed by atoms with Gasteiger partial charge in [0.15, 0.2) is 0 Å². The van der Waals surface area contributed by atoms with Crippen molar-refractivity contribution in [3.8, 4) is 0 Å². The molecule has 1 nitrogen and oxygen atoms in total. The molecule has 3 aromatic rings. The van der Waals surface area contributed by atoms with Gasteiger partial charge in [-0.05, 0) is 41.1 Å². The van der Waals surface area contributed by atoms with Gasteiger partial charge in [0.2, 0.25) is 0 Å². The van der Waals surface area contributed by atoms with E-state index in [1.165, 1.54) is 20.5 Å². The molecule has 3 rings (SSSR count). The maximum absolute atomic E-state index is 6.08. The highest BCUT2D eigenvalue weighted by Gasteiger charge is 2.18. The molecule has 0 radical (unpaired) electrons. The second-order valence-corrected chi connectivity index (χ2v) is 6.98. The van der Waals surface area contributed by atoms with E-state index in [4.69, 9.17) is 11.6 Å². The maximum atomic E-state index is 6.08. The van der Waals surface area contributed by atoms with Crippen molar-refractivity contribution in [3.63, 3.8) is 0 Å². The van der Waals surface area contributed by atoms with Gasteiger partial charge in [0.1, 0.15) is 0 Å². The zero-order chi connectivity index (χ0) is 13.2. The van der Waals surface area contributed by atoms with Gasteiger partial charge in [0, 0.05) is 9.58 Å². The van der Waals surface area contributed by atoms with Crippen molar-refractivity contribution in [1.29, 1.82) is 0 Å². The molecule has 1 atom stereocenters. The number of benzene rings is 1. The van der Waals surface area contributed by atoms with Crippen LogP contribution in [0, 0.1) is 0 Å². The van der Waals surface area contributed by atoms with Crippen LogP contribution in [-0.4, -0.2) is 6.54 Å². The summed E-state index contributed by atoms with van der Waals surface area (Å²) >= 11 is 9.53. The predicted octanol–water partition coefficient (Wildman–Crippen LogP) is 5.32. The molecule has 1 unspecified atom stereocenters. The molecule has 0 aliphatic heterocycles. The summed E-state index contributed by atoms with van der Waals surface area (Å²) in [5, 5.41) is 7.16. The van der Waals surface area contributed by atoms with E-state index in [-0.39, 0.29) is 6.04 Å². The van der Waals surface area contributed by atoms with E-state index < -0.39 is 0 Å². The van der Waals surface area contributed by atoms with Crippen LogP contribution in [0.25, 0.3) is 10.1 Å². The molecule has 2 heterocycles. The molecule has 19 heavy (non-hydrogen) atoms. The third-order valence-electron chi connectivity index (χ3n) is 3.11. The maximum Gasteiger partial charge on any atom is 0.0931 e. The number of rotatable bonds is 4. The number of fused-ring (bicyclic) bond motifs is 1. The summed E-state index contributed by atoms with van der Waals surface area (Å²) in [4.78, 5) is 1.27. The fourth-order valence-electron chi connectivity index (χ4n) is 2.27. The Morgan fingerprint density at radius 2 is 2.05 bits per heavy atom. The molecule has 0 saturated heterocycles. The van der Waals surface area contributed by atoms with Gasteiger partial charge in [0.25, 0.3) is 0 Å². The van der Waals surface area contributed by atoms with E-state index >= 15 is 0 Å². The molecule has 0 aliphatic rings. The summed E-state index contributed by atoms with van der Waals surface area (Å²) < 4.78 is 2.18. The highest BCUT2D eigenvalue weighted by molar-refractivity contribution is 7.17. The van der Waals surface area contributed by atoms with Crippen LogP contribution < -0.4 is 5.32 Å². The first-order chi connectivity index (χ1) is 9.29. The average molecular weight is 308 g/mol. The second-order valence-electron chi connectivity index (χ2n) is 4.32. The lowest BCUT2D eigenvalue weighted by molar-refractivity contribution is 0.645. The van der Waals surface area contributed by atoms with Gasteiger partial charge < -0.3 is 5.32 Å². The van der Waals surface area contributed by atoms with Crippen LogP contribution in [0.4, 0.5) is 0 Å². The minimum atomic E-state index is 0.235. The first-order valence-corrected chi connectivity index (χ1v) is 8.31. The van der Waals surface area contributed by atoms with Gasteiger partial charge in [-0.2, -0.15) is 0 Å². The molecular weight excluding hydrogens is 294 g/mol. The number of nitrogens with one attached hydrogen (secondary N) is 1. The minimum absolute atomic E-state index is 0.235. The molecule has 0 saturated carbocycles. The van der Waals surface area contributed by atoms with Crippen molar-refractivity contribution in [2.24, 2.45) is 0 Å². The number of hydrogen-bond acceptors (Lipinski definition) is 3. The highest BCUT2D eigenvalue weighted by Crippen LogP contribution is 2.36. The summed E-state index contributed by atoms with van der Waals surface area (Å²) in [5.74, 6) is 0. The second kappa shape index (κ2) is 5.63. The van der Waals surface area contributed by atoms with E-state index in [1.807, 2.05) is 6.07 Å². The van der Waals surface area contributed by atoms with Crippen LogP contribution in [0.1, 0.15) is 23.4 Å². The molecule has 0 amide bonds. The molecular formula is C15H14ClNS2. The van der Waals surface area contributed by atoms with Crippen molar-refractivity contribution in [1.82, 2.24) is 5.32 Å². The Kier molecular flexibility index (Phi) is 3.89. The summed E-state index contributed by atoms with van der Waals surface area (Å²) in [6.07, 6.45) is 0. The van der Waals surface area contributed by atoms with E-state index in [2.05, 4.69) is 48.0 Å². The van der Waals surface area contributed by atoms with Crippen molar-refractivity contribution >= 4 is 44.4 Å². The van der Waals surface area contributed by atoms with E-state index in [0.29, 0.717) is 0 Å². The minimum Gasteiger partial charge on any atom is -0.306 e. The van der Waals surface area contributed by atoms with E-state index in [1.54, 1.807) is 22.7 Å². The topological polar surface area (TPSA) is 12.0 Å². The Balaban J connectivity index is 2.09. The molecule has 98 valence electrons. The fourth-order valence-corrected chi connectivity index (χ4v) is 4.42. The quantitative estimate of drug-likeness (QED) is 0.688. The average Bonchev–Trinajstić information content (AvgIpc) is 3.03. The third kappa shape index (κ3) is 2.56. The first-order valence-electron chi connectivity index (χ1n) is 6.24. The molecule has 0 aliphatic carbocycles. The van der Waals surface area contributed by atoms with Gasteiger partial charge in [-0.25, -0.2) is 0 Å². The van der Waals surface area contributed by atoms with Gasteiger partial charge in [0.05, 0.1) is 10.4 Å². The van der Waals surface area contributed by atoms with Crippen molar-refractivity contribution < 1.29 is 0 Å². The monoisotopic (exact) mass is 307 g/mol. The smallest absolute Gasteiger partial charge is 0.0931 e. The fraction of sp³-hybridized carbons (Fsp3) is 0.200.